The molecular formula is C22H21N3O2S. The monoisotopic (exact) mass is 391 g/mol. The van der Waals surface area contributed by atoms with Gasteiger partial charge < -0.3 is 9.73 Å². The molecule has 0 saturated carbocycles. The van der Waals surface area contributed by atoms with Crippen molar-refractivity contribution in [2.45, 2.75) is 27.7 Å². The molecule has 2 aromatic heterocycles. The van der Waals surface area contributed by atoms with Gasteiger partial charge in [0.1, 0.15) is 16.8 Å². The number of thiazole rings is 1. The normalized spacial score (nSPS) is 11.9. The number of carbonyl (C=O) groups excluding carboxylic acids is 1. The Morgan fingerprint density at radius 2 is 1.96 bits per heavy atom. The van der Waals surface area contributed by atoms with Crippen LogP contribution >= 0.6 is 11.3 Å². The quantitative estimate of drug-likeness (QED) is 0.573. The van der Waals surface area contributed by atoms with Crippen molar-refractivity contribution >= 4 is 34.6 Å². The van der Waals surface area contributed by atoms with E-state index in [1.807, 2.05) is 52.0 Å². The number of aromatic nitrogens is 1. The molecule has 1 amide bonds. The number of carbonyl (C=O) groups is 1. The van der Waals surface area contributed by atoms with Gasteiger partial charge in [-0.3, -0.25) is 4.79 Å². The fourth-order valence-electron chi connectivity index (χ4n) is 2.47. The van der Waals surface area contributed by atoms with E-state index in [1.54, 1.807) is 24.5 Å². The maximum absolute atomic E-state index is 12.1. The molecule has 0 aliphatic carbocycles. The fourth-order valence-corrected chi connectivity index (χ4v) is 3.37. The van der Waals surface area contributed by atoms with Crippen molar-refractivity contribution in [2.75, 3.05) is 5.32 Å². The maximum Gasteiger partial charge on any atom is 0.229 e. The Balaban J connectivity index is 1.85. The molecular weight excluding hydrogens is 370 g/mol. The van der Waals surface area contributed by atoms with E-state index >= 15 is 0 Å². The van der Waals surface area contributed by atoms with E-state index in [1.165, 1.54) is 11.3 Å². The first-order valence-electron chi connectivity index (χ1n) is 8.83. The molecule has 28 heavy (non-hydrogen) atoms. The molecule has 0 aliphatic rings. The van der Waals surface area contributed by atoms with Gasteiger partial charge in [-0.2, -0.15) is 5.26 Å². The van der Waals surface area contributed by atoms with E-state index in [2.05, 4.69) is 16.4 Å². The summed E-state index contributed by atoms with van der Waals surface area (Å²) in [5, 5.41) is 13.1. The lowest BCUT2D eigenvalue weighted by Crippen LogP contribution is -2.27. The predicted octanol–water partition coefficient (Wildman–Crippen LogP) is 5.76. The molecule has 3 aromatic rings. The first-order valence-corrected chi connectivity index (χ1v) is 9.64. The van der Waals surface area contributed by atoms with Gasteiger partial charge in [-0.15, -0.1) is 11.3 Å². The number of amides is 1. The molecule has 0 bridgehead atoms. The summed E-state index contributed by atoms with van der Waals surface area (Å²) in [5.41, 5.74) is 2.52. The third kappa shape index (κ3) is 4.38. The predicted molar refractivity (Wildman–Crippen MR) is 113 cm³/mol. The van der Waals surface area contributed by atoms with Crippen molar-refractivity contribution in [3.05, 3.63) is 58.3 Å². The van der Waals surface area contributed by atoms with Gasteiger partial charge in [0, 0.05) is 27.6 Å². The van der Waals surface area contributed by atoms with E-state index in [0.717, 1.165) is 21.8 Å². The van der Waals surface area contributed by atoms with Gasteiger partial charge in [0.05, 0.1) is 17.5 Å². The Labute approximate surface area is 168 Å². The summed E-state index contributed by atoms with van der Waals surface area (Å²) in [5.74, 6) is 0.582. The zero-order chi connectivity index (χ0) is 20.3. The van der Waals surface area contributed by atoms with Gasteiger partial charge in [-0.25, -0.2) is 4.98 Å². The first kappa shape index (κ1) is 19.6. The van der Waals surface area contributed by atoms with Crippen LogP contribution in [-0.4, -0.2) is 10.9 Å². The minimum Gasteiger partial charge on any atom is -0.465 e. The van der Waals surface area contributed by atoms with E-state index in [-0.39, 0.29) is 5.91 Å². The van der Waals surface area contributed by atoms with Crippen LogP contribution in [0.1, 0.15) is 36.4 Å². The van der Waals surface area contributed by atoms with Crippen molar-refractivity contribution in [2.24, 2.45) is 5.41 Å². The average molecular weight is 391 g/mol. The topological polar surface area (TPSA) is 78.9 Å². The van der Waals surface area contributed by atoms with Crippen molar-refractivity contribution in [1.29, 1.82) is 5.26 Å². The fraction of sp³-hybridized carbons (Fsp3) is 0.227. The Kier molecular flexibility index (Phi) is 5.48. The summed E-state index contributed by atoms with van der Waals surface area (Å²) < 4.78 is 5.29. The molecule has 1 N–H and O–H groups in total. The van der Waals surface area contributed by atoms with Crippen LogP contribution in [0.2, 0.25) is 0 Å². The number of anilines is 1. The number of allylic oxidation sites excluding steroid dienone is 1. The molecule has 2 heterocycles. The highest BCUT2D eigenvalue weighted by Crippen LogP contribution is 2.32. The second kappa shape index (κ2) is 7.83. The number of furan rings is 1. The first-order chi connectivity index (χ1) is 13.3. The summed E-state index contributed by atoms with van der Waals surface area (Å²) in [6, 6.07) is 13.3. The largest absolute Gasteiger partial charge is 0.465 e. The molecule has 0 radical (unpaired) electrons. The molecule has 0 atom stereocenters. The summed E-state index contributed by atoms with van der Waals surface area (Å²) in [6.45, 7) is 7.60. The second-order valence-corrected chi connectivity index (χ2v) is 8.59. The Morgan fingerprint density at radius 1 is 1.25 bits per heavy atom. The Bertz CT molecular complexity index is 1050. The lowest BCUT2D eigenvalue weighted by atomic mass is 9.95. The van der Waals surface area contributed by atoms with E-state index in [4.69, 9.17) is 4.42 Å². The minimum absolute atomic E-state index is 0.0332. The average Bonchev–Trinajstić information content (AvgIpc) is 3.29. The highest BCUT2D eigenvalue weighted by molar-refractivity contribution is 7.13. The minimum atomic E-state index is -0.451. The van der Waals surface area contributed by atoms with Gasteiger partial charge in [0.2, 0.25) is 5.91 Å². The van der Waals surface area contributed by atoms with Gasteiger partial charge in [0.25, 0.3) is 0 Å². The second-order valence-electron chi connectivity index (χ2n) is 7.39. The van der Waals surface area contributed by atoms with Crippen LogP contribution in [0.3, 0.4) is 0 Å². The molecule has 142 valence electrons. The number of nitriles is 1. The third-order valence-corrected chi connectivity index (χ3v) is 5.08. The van der Waals surface area contributed by atoms with E-state index < -0.39 is 5.41 Å². The van der Waals surface area contributed by atoms with Gasteiger partial charge in [-0.1, -0.05) is 32.9 Å². The van der Waals surface area contributed by atoms with Crippen LogP contribution in [0.15, 0.2) is 47.1 Å². The SMILES string of the molecule is Cc1sc(/C(C#N)=C/c2ccco2)nc1-c1ccc(NC(=O)C(C)(C)C)cc1. The van der Waals surface area contributed by atoms with Crippen molar-refractivity contribution in [3.63, 3.8) is 0 Å². The number of hydrogen-bond acceptors (Lipinski definition) is 5. The Hall–Kier alpha value is -3.17. The molecule has 3 rings (SSSR count). The van der Waals surface area contributed by atoms with Crippen molar-refractivity contribution < 1.29 is 9.21 Å². The zero-order valence-corrected chi connectivity index (χ0v) is 17.1. The number of benzene rings is 1. The summed E-state index contributed by atoms with van der Waals surface area (Å²) in [6.07, 6.45) is 3.26. The van der Waals surface area contributed by atoms with Crippen molar-refractivity contribution in [1.82, 2.24) is 4.98 Å². The van der Waals surface area contributed by atoms with Crippen molar-refractivity contribution in [3.8, 4) is 17.3 Å². The number of nitrogens with zero attached hydrogens (tertiary/aromatic N) is 2. The Morgan fingerprint density at radius 3 is 2.54 bits per heavy atom. The number of nitrogens with one attached hydrogen (secondary N) is 1. The number of aryl methyl sites for hydroxylation is 1. The summed E-state index contributed by atoms with van der Waals surface area (Å²) in [7, 11) is 0. The van der Waals surface area contributed by atoms with Gasteiger partial charge in [-0.05, 0) is 31.2 Å². The van der Waals surface area contributed by atoms with Crippen LogP contribution in [0, 0.1) is 23.7 Å². The van der Waals surface area contributed by atoms with Crippen LogP contribution in [0.4, 0.5) is 5.69 Å². The van der Waals surface area contributed by atoms with Gasteiger partial charge in [0.15, 0.2) is 0 Å². The highest BCUT2D eigenvalue weighted by atomic mass is 32.1. The van der Waals surface area contributed by atoms with Gasteiger partial charge >= 0.3 is 0 Å². The smallest absolute Gasteiger partial charge is 0.229 e. The highest BCUT2D eigenvalue weighted by Gasteiger charge is 2.21. The maximum atomic E-state index is 12.1. The molecule has 6 heteroatoms. The molecule has 0 unspecified atom stereocenters. The van der Waals surface area contributed by atoms with E-state index in [0.29, 0.717) is 16.3 Å². The van der Waals surface area contributed by atoms with Crippen LogP contribution in [0.25, 0.3) is 22.9 Å². The van der Waals surface area contributed by atoms with Crippen LogP contribution in [-0.2, 0) is 4.79 Å². The lowest BCUT2D eigenvalue weighted by Gasteiger charge is -2.17. The number of rotatable bonds is 4. The molecule has 0 aliphatic heterocycles. The molecule has 0 saturated heterocycles. The number of hydrogen-bond donors (Lipinski definition) is 1. The van der Waals surface area contributed by atoms with Crippen LogP contribution in [0.5, 0.6) is 0 Å². The zero-order valence-electron chi connectivity index (χ0n) is 16.2. The molecule has 5 nitrogen and oxygen atoms in total. The standard InChI is InChI=1S/C22H21N3O2S/c1-14-19(15-7-9-17(10-8-15)24-21(26)22(2,3)4)25-20(28-14)16(13-23)12-18-6-5-11-27-18/h5-12H,1-4H3,(H,24,26)/b16-12+. The van der Waals surface area contributed by atoms with E-state index in [9.17, 15) is 10.1 Å². The summed E-state index contributed by atoms with van der Waals surface area (Å²) in [4.78, 5) is 17.8. The summed E-state index contributed by atoms with van der Waals surface area (Å²) >= 11 is 1.47. The molecule has 0 spiro atoms. The third-order valence-electron chi connectivity index (χ3n) is 4.07. The lowest BCUT2D eigenvalue weighted by molar-refractivity contribution is -0.123. The molecule has 1 aromatic carbocycles. The molecule has 0 fully saturated rings. The van der Waals surface area contributed by atoms with Crippen LogP contribution < -0.4 is 5.32 Å².